The van der Waals surface area contributed by atoms with Gasteiger partial charge in [0.15, 0.2) is 17.3 Å². The van der Waals surface area contributed by atoms with Crippen LogP contribution in [0.2, 0.25) is 0 Å². The Hall–Kier alpha value is -3.44. The molecule has 1 atom stereocenters. The highest BCUT2D eigenvalue weighted by atomic mass is 16.5. The monoisotopic (exact) mass is 402 g/mol. The van der Waals surface area contributed by atoms with Crippen LogP contribution in [-0.2, 0) is 16.1 Å². The molecule has 2 aromatic rings. The van der Waals surface area contributed by atoms with Crippen LogP contribution in [-0.4, -0.2) is 36.5 Å². The Bertz CT molecular complexity index is 954. The number of terminal acetylenes is 1. The third-order valence-electron chi connectivity index (χ3n) is 4.05. The molecule has 0 aliphatic carbocycles. The van der Waals surface area contributed by atoms with Crippen molar-refractivity contribution in [3.8, 4) is 29.6 Å². The number of ether oxygens (including phenoxy) is 3. The van der Waals surface area contributed by atoms with Crippen LogP contribution in [0.25, 0.3) is 0 Å². The van der Waals surface area contributed by atoms with Gasteiger partial charge >= 0.3 is 5.97 Å². The molecule has 0 saturated heterocycles. The molecule has 0 aliphatic heterocycles. The van der Waals surface area contributed by atoms with Crippen LogP contribution in [0.4, 0.5) is 0 Å². The van der Waals surface area contributed by atoms with Crippen LogP contribution in [0.3, 0.4) is 0 Å². The fourth-order valence-electron chi connectivity index (χ4n) is 2.76. The van der Waals surface area contributed by atoms with Gasteiger partial charge in [-0.3, -0.25) is 9.59 Å². The fourth-order valence-corrected chi connectivity index (χ4v) is 2.76. The molecule has 8 heteroatoms. The Morgan fingerprint density at radius 3 is 2.69 bits per heavy atom. The highest BCUT2D eigenvalue weighted by Gasteiger charge is 2.27. The number of rotatable bonds is 9. The summed E-state index contributed by atoms with van der Waals surface area (Å²) in [5.41, 5.74) is -0.235. The number of hydrogen-bond donors (Lipinski definition) is 2. The molecule has 0 radical (unpaired) electrons. The third-order valence-corrected chi connectivity index (χ3v) is 4.05. The number of carbonyl (C=O) groups is 1. The van der Waals surface area contributed by atoms with E-state index in [0.29, 0.717) is 17.1 Å². The Morgan fingerprint density at radius 2 is 2.07 bits per heavy atom. The second-order valence-electron chi connectivity index (χ2n) is 5.91. The maximum absolute atomic E-state index is 12.2. The first-order chi connectivity index (χ1) is 13.9. The lowest BCUT2D eigenvalue weighted by Gasteiger charge is -2.19. The number of hydrogen-bond acceptors (Lipinski definition) is 8. The van der Waals surface area contributed by atoms with Gasteiger partial charge in [0.2, 0.25) is 11.2 Å². The first-order valence-corrected chi connectivity index (χ1v) is 8.81. The molecule has 154 valence electrons. The quantitative estimate of drug-likeness (QED) is 0.483. The standard InChI is InChI=1S/C21H22O8/c1-4-8-28-17-7-6-13(9-18(17)26-3)15(11-19(24)27-5-2)21-20(25)16(23)10-14(12-22)29-21/h1,6-7,9-10,15,22,25H,5,8,11-12H2,2-3H3/t15-/m0/s1. The van der Waals surface area contributed by atoms with Crippen molar-refractivity contribution in [1.82, 2.24) is 0 Å². The zero-order valence-electron chi connectivity index (χ0n) is 16.1. The van der Waals surface area contributed by atoms with Crippen molar-refractivity contribution in [2.45, 2.75) is 25.9 Å². The molecule has 0 saturated carbocycles. The molecule has 2 N–H and O–H groups in total. The first-order valence-electron chi connectivity index (χ1n) is 8.81. The number of aliphatic hydroxyl groups excluding tert-OH is 1. The smallest absolute Gasteiger partial charge is 0.306 e. The number of benzene rings is 1. The second kappa shape index (κ2) is 10.2. The number of methoxy groups -OCH3 is 1. The lowest BCUT2D eigenvalue weighted by molar-refractivity contribution is -0.143. The van der Waals surface area contributed by atoms with E-state index in [1.165, 1.54) is 7.11 Å². The van der Waals surface area contributed by atoms with Gasteiger partial charge in [-0.2, -0.15) is 0 Å². The lowest BCUT2D eigenvalue weighted by Crippen LogP contribution is -2.15. The van der Waals surface area contributed by atoms with Gasteiger partial charge in [-0.05, 0) is 24.6 Å². The van der Waals surface area contributed by atoms with Crippen molar-refractivity contribution < 1.29 is 33.6 Å². The van der Waals surface area contributed by atoms with Crippen molar-refractivity contribution in [2.75, 3.05) is 20.3 Å². The topological polar surface area (TPSA) is 115 Å². The van der Waals surface area contributed by atoms with Gasteiger partial charge in [0.05, 0.1) is 26.1 Å². The molecule has 29 heavy (non-hydrogen) atoms. The van der Waals surface area contributed by atoms with Crippen molar-refractivity contribution in [2.24, 2.45) is 0 Å². The molecule has 0 fully saturated rings. The molecule has 1 heterocycles. The summed E-state index contributed by atoms with van der Waals surface area (Å²) in [5.74, 6) is 0.801. The summed E-state index contributed by atoms with van der Waals surface area (Å²) in [5, 5.41) is 19.6. The summed E-state index contributed by atoms with van der Waals surface area (Å²) < 4.78 is 21.2. The van der Waals surface area contributed by atoms with Gasteiger partial charge in [0, 0.05) is 6.07 Å². The minimum atomic E-state index is -0.871. The van der Waals surface area contributed by atoms with E-state index >= 15 is 0 Å². The number of aromatic hydroxyl groups is 1. The molecule has 0 spiro atoms. The Kier molecular flexibility index (Phi) is 7.69. The molecule has 1 aromatic carbocycles. The van der Waals surface area contributed by atoms with E-state index in [0.717, 1.165) is 6.07 Å². The second-order valence-corrected chi connectivity index (χ2v) is 5.91. The van der Waals surface area contributed by atoms with Crippen LogP contribution >= 0.6 is 0 Å². The number of esters is 1. The molecule has 0 unspecified atom stereocenters. The van der Waals surface area contributed by atoms with Crippen molar-refractivity contribution in [3.05, 3.63) is 51.6 Å². The van der Waals surface area contributed by atoms with E-state index in [1.807, 2.05) is 0 Å². The summed E-state index contributed by atoms with van der Waals surface area (Å²) >= 11 is 0. The lowest BCUT2D eigenvalue weighted by atomic mass is 9.91. The zero-order valence-corrected chi connectivity index (χ0v) is 16.1. The largest absolute Gasteiger partial charge is 0.502 e. The van der Waals surface area contributed by atoms with Crippen LogP contribution in [0, 0.1) is 12.3 Å². The van der Waals surface area contributed by atoms with Crippen molar-refractivity contribution in [1.29, 1.82) is 0 Å². The highest BCUT2D eigenvalue weighted by molar-refractivity contribution is 5.71. The summed E-state index contributed by atoms with van der Waals surface area (Å²) in [4.78, 5) is 24.2. The molecule has 8 nitrogen and oxygen atoms in total. The minimum absolute atomic E-state index is 0.0379. The van der Waals surface area contributed by atoms with E-state index in [-0.39, 0.29) is 31.2 Å². The summed E-state index contributed by atoms with van der Waals surface area (Å²) in [6, 6.07) is 5.79. The van der Waals surface area contributed by atoms with E-state index in [1.54, 1.807) is 25.1 Å². The first kappa shape index (κ1) is 21.9. The van der Waals surface area contributed by atoms with Gasteiger partial charge in [-0.15, -0.1) is 6.42 Å². The van der Waals surface area contributed by atoms with Gasteiger partial charge < -0.3 is 28.8 Å². The van der Waals surface area contributed by atoms with Gasteiger partial charge in [-0.1, -0.05) is 12.0 Å². The van der Waals surface area contributed by atoms with E-state index in [2.05, 4.69) is 5.92 Å². The average Bonchev–Trinajstić information content (AvgIpc) is 2.72. The predicted molar refractivity (Wildman–Crippen MR) is 103 cm³/mol. The molecule has 0 amide bonds. The summed E-state index contributed by atoms with van der Waals surface area (Å²) in [6.07, 6.45) is 4.99. The van der Waals surface area contributed by atoms with Crippen LogP contribution in [0.15, 0.2) is 33.5 Å². The summed E-state index contributed by atoms with van der Waals surface area (Å²) in [6.45, 7) is 1.32. The van der Waals surface area contributed by atoms with Crippen LogP contribution in [0.1, 0.15) is 36.3 Å². The average molecular weight is 402 g/mol. The molecular formula is C21H22O8. The highest BCUT2D eigenvalue weighted by Crippen LogP contribution is 2.37. The van der Waals surface area contributed by atoms with Crippen LogP contribution < -0.4 is 14.9 Å². The Morgan fingerprint density at radius 1 is 1.31 bits per heavy atom. The Balaban J connectivity index is 2.58. The molecular weight excluding hydrogens is 380 g/mol. The van der Waals surface area contributed by atoms with E-state index < -0.39 is 29.7 Å². The maximum atomic E-state index is 12.2. The molecule has 0 aliphatic rings. The third kappa shape index (κ3) is 5.30. The van der Waals surface area contributed by atoms with Gasteiger partial charge in [-0.25, -0.2) is 0 Å². The van der Waals surface area contributed by atoms with Crippen molar-refractivity contribution >= 4 is 5.97 Å². The molecule has 0 bridgehead atoms. The SMILES string of the molecule is C#CCOc1ccc([C@H](CC(=O)OCC)c2oc(CO)cc(=O)c2O)cc1OC. The number of carbonyl (C=O) groups excluding carboxylic acids is 1. The minimum Gasteiger partial charge on any atom is -0.502 e. The van der Waals surface area contributed by atoms with Gasteiger partial charge in [0.1, 0.15) is 19.0 Å². The van der Waals surface area contributed by atoms with E-state index in [4.69, 9.17) is 25.1 Å². The van der Waals surface area contributed by atoms with Crippen LogP contribution in [0.5, 0.6) is 17.2 Å². The Labute approximate surface area is 167 Å². The normalized spacial score (nSPS) is 11.4. The zero-order chi connectivity index (χ0) is 21.4. The predicted octanol–water partition coefficient (Wildman–Crippen LogP) is 1.94. The molecule has 1 aromatic heterocycles. The van der Waals surface area contributed by atoms with Crippen molar-refractivity contribution in [3.63, 3.8) is 0 Å². The summed E-state index contributed by atoms with van der Waals surface area (Å²) in [7, 11) is 1.44. The maximum Gasteiger partial charge on any atom is 0.306 e. The fraction of sp³-hybridized carbons (Fsp3) is 0.333. The van der Waals surface area contributed by atoms with E-state index in [9.17, 15) is 19.8 Å². The molecule has 2 rings (SSSR count). The number of aliphatic hydroxyl groups is 1. The van der Waals surface area contributed by atoms with Gasteiger partial charge in [0.25, 0.3) is 0 Å².